The standard InChI is InChI=1S/C19H22N6O.2ClH/c26-18(14-24-10-8-21-19(24)15-5-2-1-3-6-15)22-12-16-11-17-13-20-7-4-9-25(17)23-16;;/h1-3,5-6,8,10-11,20H,4,7,9,12-14H2,(H,22,26);2*1H. The number of aryl methyl sites for hydroxylation is 1. The van der Waals surface area contributed by atoms with Crippen molar-refractivity contribution in [3.05, 3.63) is 60.2 Å². The quantitative estimate of drug-likeness (QED) is 0.661. The van der Waals surface area contributed by atoms with Gasteiger partial charge in [0.1, 0.15) is 12.4 Å². The lowest BCUT2D eigenvalue weighted by Crippen LogP contribution is -2.27. The maximum atomic E-state index is 12.4. The number of halogens is 2. The molecule has 0 aliphatic carbocycles. The second kappa shape index (κ2) is 10.3. The van der Waals surface area contributed by atoms with E-state index in [9.17, 15) is 4.79 Å². The summed E-state index contributed by atoms with van der Waals surface area (Å²) in [4.78, 5) is 16.7. The monoisotopic (exact) mass is 422 g/mol. The van der Waals surface area contributed by atoms with Gasteiger partial charge in [0.05, 0.1) is 17.9 Å². The van der Waals surface area contributed by atoms with Crippen LogP contribution in [0.2, 0.25) is 0 Å². The van der Waals surface area contributed by atoms with Gasteiger partial charge in [0.25, 0.3) is 0 Å². The number of nitrogens with zero attached hydrogens (tertiary/aromatic N) is 4. The van der Waals surface area contributed by atoms with Crippen LogP contribution in [-0.2, 0) is 31.0 Å². The highest BCUT2D eigenvalue weighted by Gasteiger charge is 2.13. The van der Waals surface area contributed by atoms with E-state index in [-0.39, 0.29) is 37.3 Å². The number of benzene rings is 1. The first kappa shape index (κ1) is 21.9. The van der Waals surface area contributed by atoms with Gasteiger partial charge in [-0.1, -0.05) is 30.3 Å². The molecule has 1 amide bonds. The van der Waals surface area contributed by atoms with E-state index >= 15 is 0 Å². The molecule has 3 heterocycles. The fourth-order valence-corrected chi connectivity index (χ4v) is 3.19. The summed E-state index contributed by atoms with van der Waals surface area (Å²) in [6.45, 7) is 3.44. The van der Waals surface area contributed by atoms with E-state index in [4.69, 9.17) is 0 Å². The molecule has 0 fully saturated rings. The van der Waals surface area contributed by atoms with Crippen LogP contribution >= 0.6 is 24.8 Å². The number of rotatable bonds is 5. The van der Waals surface area contributed by atoms with E-state index in [1.165, 1.54) is 5.69 Å². The fourth-order valence-electron chi connectivity index (χ4n) is 3.19. The van der Waals surface area contributed by atoms with Crippen LogP contribution in [0.25, 0.3) is 11.4 Å². The number of carbonyl (C=O) groups excluding carboxylic acids is 1. The van der Waals surface area contributed by atoms with Crippen LogP contribution in [-0.4, -0.2) is 31.8 Å². The topological polar surface area (TPSA) is 76.8 Å². The summed E-state index contributed by atoms with van der Waals surface area (Å²) in [5, 5.41) is 10.9. The number of fused-ring (bicyclic) bond motifs is 1. The highest BCUT2D eigenvalue weighted by Crippen LogP contribution is 2.16. The van der Waals surface area contributed by atoms with E-state index < -0.39 is 0 Å². The summed E-state index contributed by atoms with van der Waals surface area (Å²) in [5.74, 6) is 0.738. The second-order valence-electron chi connectivity index (χ2n) is 6.40. The largest absolute Gasteiger partial charge is 0.349 e. The Hall–Kier alpha value is -2.35. The fraction of sp³-hybridized carbons (Fsp3) is 0.316. The van der Waals surface area contributed by atoms with E-state index in [1.54, 1.807) is 6.20 Å². The van der Waals surface area contributed by atoms with Gasteiger partial charge in [0.2, 0.25) is 5.91 Å². The zero-order valence-corrected chi connectivity index (χ0v) is 17.0. The van der Waals surface area contributed by atoms with Crippen molar-refractivity contribution in [3.63, 3.8) is 0 Å². The summed E-state index contributed by atoms with van der Waals surface area (Å²) < 4.78 is 3.89. The molecule has 7 nitrogen and oxygen atoms in total. The summed E-state index contributed by atoms with van der Waals surface area (Å²) in [6, 6.07) is 11.9. The summed E-state index contributed by atoms with van der Waals surface area (Å²) in [7, 11) is 0. The highest BCUT2D eigenvalue weighted by molar-refractivity contribution is 5.85. The Balaban J connectivity index is 0.00000140. The van der Waals surface area contributed by atoms with Crippen molar-refractivity contribution in [2.75, 3.05) is 6.54 Å². The third kappa shape index (κ3) is 5.13. The van der Waals surface area contributed by atoms with Gasteiger partial charge < -0.3 is 15.2 Å². The smallest absolute Gasteiger partial charge is 0.240 e. The minimum atomic E-state index is -0.0542. The molecule has 0 atom stereocenters. The summed E-state index contributed by atoms with van der Waals surface area (Å²) >= 11 is 0. The van der Waals surface area contributed by atoms with E-state index in [2.05, 4.69) is 26.8 Å². The Labute approximate surface area is 176 Å². The molecule has 2 aromatic heterocycles. The molecule has 1 aliphatic rings. The maximum absolute atomic E-state index is 12.4. The highest BCUT2D eigenvalue weighted by atomic mass is 35.5. The predicted octanol–water partition coefficient (Wildman–Crippen LogP) is 2.40. The van der Waals surface area contributed by atoms with E-state index in [1.807, 2.05) is 45.8 Å². The SMILES string of the molecule is Cl.Cl.O=C(Cn1ccnc1-c1ccccc1)NCc1cc2n(n1)CCCNC2. The predicted molar refractivity (Wildman–Crippen MR) is 113 cm³/mol. The zero-order chi connectivity index (χ0) is 17.8. The summed E-state index contributed by atoms with van der Waals surface area (Å²) in [6.07, 6.45) is 4.62. The van der Waals surface area contributed by atoms with Gasteiger partial charge in [0, 0.05) is 31.0 Å². The lowest BCUT2D eigenvalue weighted by Gasteiger charge is -2.08. The number of hydrogen-bond acceptors (Lipinski definition) is 4. The maximum Gasteiger partial charge on any atom is 0.240 e. The zero-order valence-electron chi connectivity index (χ0n) is 15.4. The second-order valence-corrected chi connectivity index (χ2v) is 6.40. The van der Waals surface area contributed by atoms with Crippen molar-refractivity contribution in [1.29, 1.82) is 0 Å². The van der Waals surface area contributed by atoms with Crippen LogP contribution in [0.4, 0.5) is 0 Å². The average molecular weight is 423 g/mol. The molecule has 0 saturated heterocycles. The minimum absolute atomic E-state index is 0. The van der Waals surface area contributed by atoms with E-state index in [0.717, 1.165) is 43.1 Å². The normalized spacial score (nSPS) is 12.9. The van der Waals surface area contributed by atoms with Crippen LogP contribution in [0.5, 0.6) is 0 Å². The molecule has 1 aliphatic heterocycles. The third-order valence-electron chi connectivity index (χ3n) is 4.47. The van der Waals surface area contributed by atoms with Gasteiger partial charge in [0.15, 0.2) is 0 Å². The Bertz CT molecular complexity index is 869. The molecule has 0 spiro atoms. The number of hydrogen-bond donors (Lipinski definition) is 2. The molecular formula is C19H24Cl2N6O. The lowest BCUT2D eigenvalue weighted by molar-refractivity contribution is -0.121. The molecule has 3 aromatic rings. The Kier molecular flexibility index (Phi) is 8.04. The van der Waals surface area contributed by atoms with Crippen molar-refractivity contribution in [3.8, 4) is 11.4 Å². The third-order valence-corrected chi connectivity index (χ3v) is 4.47. The number of aromatic nitrogens is 4. The van der Waals surface area contributed by atoms with Gasteiger partial charge in [-0.05, 0) is 19.0 Å². The number of imidazole rings is 1. The van der Waals surface area contributed by atoms with Gasteiger partial charge in [-0.15, -0.1) is 24.8 Å². The number of amides is 1. The summed E-state index contributed by atoms with van der Waals surface area (Å²) in [5.41, 5.74) is 3.06. The molecule has 0 saturated carbocycles. The van der Waals surface area contributed by atoms with Gasteiger partial charge in [-0.25, -0.2) is 4.98 Å². The first-order chi connectivity index (χ1) is 12.8. The average Bonchev–Trinajstić information content (AvgIpc) is 3.22. The van der Waals surface area contributed by atoms with Crippen LogP contribution in [0.15, 0.2) is 48.8 Å². The molecule has 28 heavy (non-hydrogen) atoms. The lowest BCUT2D eigenvalue weighted by atomic mass is 10.2. The van der Waals surface area contributed by atoms with Crippen molar-refractivity contribution in [2.24, 2.45) is 0 Å². The van der Waals surface area contributed by atoms with Gasteiger partial charge in [-0.3, -0.25) is 9.48 Å². The van der Waals surface area contributed by atoms with Gasteiger partial charge >= 0.3 is 0 Å². The van der Waals surface area contributed by atoms with Crippen molar-refractivity contribution < 1.29 is 4.79 Å². The van der Waals surface area contributed by atoms with Gasteiger partial charge in [-0.2, -0.15) is 5.10 Å². The molecule has 150 valence electrons. The molecule has 2 N–H and O–H groups in total. The molecule has 1 aromatic carbocycles. The number of carbonyl (C=O) groups is 1. The number of nitrogens with one attached hydrogen (secondary N) is 2. The van der Waals surface area contributed by atoms with Crippen molar-refractivity contribution in [2.45, 2.75) is 32.6 Å². The Morgan fingerprint density at radius 3 is 2.86 bits per heavy atom. The first-order valence-corrected chi connectivity index (χ1v) is 8.89. The van der Waals surface area contributed by atoms with Crippen LogP contribution in [0.3, 0.4) is 0 Å². The molecule has 4 rings (SSSR count). The Morgan fingerprint density at radius 2 is 2.04 bits per heavy atom. The molecule has 0 bridgehead atoms. The molecule has 0 radical (unpaired) electrons. The Morgan fingerprint density at radius 1 is 1.21 bits per heavy atom. The van der Waals surface area contributed by atoms with Crippen molar-refractivity contribution >= 4 is 30.7 Å². The minimum Gasteiger partial charge on any atom is -0.349 e. The first-order valence-electron chi connectivity index (χ1n) is 8.89. The van der Waals surface area contributed by atoms with Crippen LogP contribution < -0.4 is 10.6 Å². The molecular weight excluding hydrogens is 399 g/mol. The van der Waals surface area contributed by atoms with Crippen molar-refractivity contribution in [1.82, 2.24) is 30.0 Å². The molecule has 0 unspecified atom stereocenters. The van der Waals surface area contributed by atoms with Crippen LogP contribution in [0.1, 0.15) is 17.8 Å². The van der Waals surface area contributed by atoms with Crippen LogP contribution in [0, 0.1) is 0 Å². The molecule has 9 heteroatoms. The van der Waals surface area contributed by atoms with E-state index in [0.29, 0.717) is 6.54 Å².